The summed E-state index contributed by atoms with van der Waals surface area (Å²) in [5.41, 5.74) is 2.19. The highest BCUT2D eigenvalue weighted by Crippen LogP contribution is 2.14. The molecular weight excluding hydrogens is 367 g/mol. The van der Waals surface area contributed by atoms with Crippen molar-refractivity contribution in [3.63, 3.8) is 0 Å². The fraction of sp³-hybridized carbons (Fsp3) is 0.435. The molecule has 6 heteroatoms. The molecule has 3 rings (SSSR count). The Morgan fingerprint density at radius 2 is 2.00 bits per heavy atom. The van der Waals surface area contributed by atoms with Crippen LogP contribution in [0.2, 0.25) is 0 Å². The van der Waals surface area contributed by atoms with Crippen molar-refractivity contribution in [2.45, 2.75) is 38.8 Å². The highest BCUT2D eigenvalue weighted by Gasteiger charge is 2.20. The molecule has 1 aliphatic rings. The summed E-state index contributed by atoms with van der Waals surface area (Å²) in [5, 5.41) is 6.98. The summed E-state index contributed by atoms with van der Waals surface area (Å²) in [6.07, 6.45) is 4.61. The van der Waals surface area contributed by atoms with Crippen LogP contribution in [0.5, 0.6) is 0 Å². The maximum Gasteiger partial charge on any atom is 0.191 e. The van der Waals surface area contributed by atoms with Crippen LogP contribution in [0.25, 0.3) is 0 Å². The minimum atomic E-state index is -0.183. The molecule has 0 amide bonds. The second-order valence-electron chi connectivity index (χ2n) is 7.70. The Hall–Kier alpha value is -2.60. The van der Waals surface area contributed by atoms with E-state index in [-0.39, 0.29) is 5.82 Å². The van der Waals surface area contributed by atoms with Gasteiger partial charge in [0.25, 0.3) is 0 Å². The van der Waals surface area contributed by atoms with Gasteiger partial charge in [0.05, 0.1) is 12.8 Å². The van der Waals surface area contributed by atoms with E-state index in [0.29, 0.717) is 12.6 Å². The summed E-state index contributed by atoms with van der Waals surface area (Å²) < 4.78 is 18.5. The van der Waals surface area contributed by atoms with Gasteiger partial charge in [0.15, 0.2) is 5.96 Å². The Balaban J connectivity index is 1.45. The van der Waals surface area contributed by atoms with Crippen LogP contribution < -0.4 is 10.6 Å². The second-order valence-corrected chi connectivity index (χ2v) is 7.70. The molecule has 2 heterocycles. The number of likely N-dealkylation sites (tertiary alicyclic amines) is 1. The van der Waals surface area contributed by atoms with Gasteiger partial charge in [-0.05, 0) is 49.6 Å². The zero-order valence-corrected chi connectivity index (χ0v) is 17.2. The molecule has 2 aromatic rings. The molecular formula is C23H31FN4O. The van der Waals surface area contributed by atoms with Gasteiger partial charge in [-0.15, -0.1) is 0 Å². The normalized spacial score (nSPS) is 16.0. The van der Waals surface area contributed by atoms with Crippen LogP contribution in [0.4, 0.5) is 4.39 Å². The van der Waals surface area contributed by atoms with Crippen LogP contribution in [0.3, 0.4) is 0 Å². The van der Waals surface area contributed by atoms with Gasteiger partial charge in [0, 0.05) is 38.6 Å². The van der Waals surface area contributed by atoms with Gasteiger partial charge in [-0.25, -0.2) is 9.38 Å². The van der Waals surface area contributed by atoms with Crippen LogP contribution in [0, 0.1) is 5.82 Å². The van der Waals surface area contributed by atoms with Gasteiger partial charge in [-0.2, -0.15) is 0 Å². The van der Waals surface area contributed by atoms with E-state index in [9.17, 15) is 4.39 Å². The maximum absolute atomic E-state index is 13.1. The van der Waals surface area contributed by atoms with Crippen molar-refractivity contribution in [2.75, 3.05) is 26.2 Å². The number of benzene rings is 1. The van der Waals surface area contributed by atoms with Gasteiger partial charge in [0.1, 0.15) is 11.6 Å². The van der Waals surface area contributed by atoms with E-state index in [0.717, 1.165) is 68.3 Å². The Bertz CT molecular complexity index is 778. The van der Waals surface area contributed by atoms with Crippen molar-refractivity contribution < 1.29 is 8.81 Å². The predicted molar refractivity (Wildman–Crippen MR) is 115 cm³/mol. The number of hydrogen-bond acceptors (Lipinski definition) is 3. The van der Waals surface area contributed by atoms with Crippen molar-refractivity contribution in [1.82, 2.24) is 15.5 Å². The Labute approximate surface area is 172 Å². The molecule has 0 unspecified atom stereocenters. The number of aliphatic imine (C=N–C) groups is 1. The number of guanidine groups is 1. The minimum Gasteiger partial charge on any atom is -0.469 e. The SMILES string of the molecule is C=C(C)CN=C(NCCc1ccco1)NC1CCN(Cc2ccc(F)cc2)CC1. The van der Waals surface area contributed by atoms with Crippen LogP contribution in [-0.4, -0.2) is 43.1 Å². The first-order chi connectivity index (χ1) is 14.1. The number of hydrogen-bond donors (Lipinski definition) is 2. The minimum absolute atomic E-state index is 0.183. The first-order valence-electron chi connectivity index (χ1n) is 10.3. The summed E-state index contributed by atoms with van der Waals surface area (Å²) in [5.74, 6) is 1.61. The fourth-order valence-electron chi connectivity index (χ4n) is 3.40. The zero-order chi connectivity index (χ0) is 20.5. The lowest BCUT2D eigenvalue weighted by molar-refractivity contribution is 0.198. The lowest BCUT2D eigenvalue weighted by atomic mass is 10.0. The molecule has 0 spiro atoms. The molecule has 1 fully saturated rings. The molecule has 0 saturated carbocycles. The molecule has 1 saturated heterocycles. The molecule has 0 aliphatic carbocycles. The summed E-state index contributed by atoms with van der Waals surface area (Å²) in [6, 6.07) is 11.1. The topological polar surface area (TPSA) is 52.8 Å². The second kappa shape index (κ2) is 10.8. The van der Waals surface area contributed by atoms with Crippen LogP contribution in [0.1, 0.15) is 31.1 Å². The van der Waals surface area contributed by atoms with Crippen LogP contribution in [0.15, 0.2) is 64.2 Å². The molecule has 0 bridgehead atoms. The van der Waals surface area contributed by atoms with Gasteiger partial charge >= 0.3 is 0 Å². The smallest absolute Gasteiger partial charge is 0.191 e. The first kappa shape index (κ1) is 21.1. The molecule has 0 atom stereocenters. The summed E-state index contributed by atoms with van der Waals surface area (Å²) in [7, 11) is 0. The quantitative estimate of drug-likeness (QED) is 0.404. The maximum atomic E-state index is 13.1. The summed E-state index contributed by atoms with van der Waals surface area (Å²) in [4.78, 5) is 7.06. The number of nitrogens with one attached hydrogen (secondary N) is 2. The molecule has 5 nitrogen and oxygen atoms in total. The molecule has 0 radical (unpaired) electrons. The number of halogens is 1. The number of nitrogens with zero attached hydrogens (tertiary/aromatic N) is 2. The largest absolute Gasteiger partial charge is 0.469 e. The van der Waals surface area contributed by atoms with Gasteiger partial charge in [0.2, 0.25) is 0 Å². The highest BCUT2D eigenvalue weighted by atomic mass is 19.1. The van der Waals surface area contributed by atoms with Gasteiger partial charge in [-0.3, -0.25) is 4.90 Å². The molecule has 2 N–H and O–H groups in total. The van der Waals surface area contributed by atoms with E-state index in [1.807, 2.05) is 31.2 Å². The van der Waals surface area contributed by atoms with E-state index in [4.69, 9.17) is 4.42 Å². The van der Waals surface area contributed by atoms with Crippen molar-refractivity contribution in [3.8, 4) is 0 Å². The third-order valence-corrected chi connectivity index (χ3v) is 5.00. The summed E-state index contributed by atoms with van der Waals surface area (Å²) in [6.45, 7) is 10.2. The molecule has 29 heavy (non-hydrogen) atoms. The fourth-order valence-corrected chi connectivity index (χ4v) is 3.40. The lowest BCUT2D eigenvalue weighted by Crippen LogP contribution is -2.49. The third kappa shape index (κ3) is 7.38. The number of furan rings is 1. The van der Waals surface area contributed by atoms with E-state index in [1.165, 1.54) is 12.1 Å². The third-order valence-electron chi connectivity index (χ3n) is 5.00. The average molecular weight is 399 g/mol. The highest BCUT2D eigenvalue weighted by molar-refractivity contribution is 5.80. The lowest BCUT2D eigenvalue weighted by Gasteiger charge is -2.33. The summed E-state index contributed by atoms with van der Waals surface area (Å²) >= 11 is 0. The van der Waals surface area contributed by atoms with Gasteiger partial charge in [-0.1, -0.05) is 24.3 Å². The van der Waals surface area contributed by atoms with E-state index in [2.05, 4.69) is 27.1 Å². The Morgan fingerprint density at radius 1 is 1.24 bits per heavy atom. The molecule has 1 aliphatic heterocycles. The Morgan fingerprint density at radius 3 is 2.66 bits per heavy atom. The number of rotatable bonds is 8. The first-order valence-corrected chi connectivity index (χ1v) is 10.3. The zero-order valence-electron chi connectivity index (χ0n) is 17.2. The molecule has 156 valence electrons. The van der Waals surface area contributed by atoms with Crippen LogP contribution in [-0.2, 0) is 13.0 Å². The van der Waals surface area contributed by atoms with Crippen molar-refractivity contribution in [3.05, 3.63) is 72.0 Å². The van der Waals surface area contributed by atoms with E-state index in [1.54, 1.807) is 6.26 Å². The van der Waals surface area contributed by atoms with Crippen molar-refractivity contribution >= 4 is 5.96 Å². The molecule has 1 aromatic carbocycles. The van der Waals surface area contributed by atoms with Gasteiger partial charge < -0.3 is 15.1 Å². The van der Waals surface area contributed by atoms with Crippen molar-refractivity contribution in [1.29, 1.82) is 0 Å². The standard InChI is InChI=1S/C23H31FN4O/c1-18(2)16-26-23(25-12-9-22-4-3-15-29-22)27-21-10-13-28(14-11-21)17-19-5-7-20(24)8-6-19/h3-8,15,21H,1,9-14,16-17H2,2H3,(H2,25,26,27). The van der Waals surface area contributed by atoms with Crippen molar-refractivity contribution in [2.24, 2.45) is 4.99 Å². The Kier molecular flexibility index (Phi) is 7.87. The van der Waals surface area contributed by atoms with Crippen LogP contribution >= 0.6 is 0 Å². The monoisotopic (exact) mass is 398 g/mol. The number of piperidine rings is 1. The predicted octanol–water partition coefficient (Wildman–Crippen LogP) is 3.74. The molecule has 1 aromatic heterocycles. The van der Waals surface area contributed by atoms with E-state index < -0.39 is 0 Å². The average Bonchev–Trinajstić information content (AvgIpc) is 3.22. The van der Waals surface area contributed by atoms with E-state index >= 15 is 0 Å².